The molecule has 96 valence electrons. The van der Waals surface area contributed by atoms with Gasteiger partial charge in [-0.05, 0) is 37.3 Å². The third-order valence-electron chi connectivity index (χ3n) is 2.54. The van der Waals surface area contributed by atoms with Gasteiger partial charge in [0.25, 0.3) is 0 Å². The Labute approximate surface area is 111 Å². The molecule has 0 aromatic heterocycles. The summed E-state index contributed by atoms with van der Waals surface area (Å²) in [5.41, 5.74) is 1.79. The van der Waals surface area contributed by atoms with Gasteiger partial charge in [0.2, 0.25) is 0 Å². The van der Waals surface area contributed by atoms with Crippen molar-refractivity contribution in [3.8, 4) is 11.5 Å². The van der Waals surface area contributed by atoms with Gasteiger partial charge in [0, 0.05) is 11.6 Å². The van der Waals surface area contributed by atoms with Crippen molar-refractivity contribution in [2.24, 2.45) is 0 Å². The molecule has 0 saturated carbocycles. The van der Waals surface area contributed by atoms with E-state index < -0.39 is 5.97 Å². The summed E-state index contributed by atoms with van der Waals surface area (Å²) in [6.45, 7) is 1.95. The van der Waals surface area contributed by atoms with Gasteiger partial charge in [-0.3, -0.25) is 0 Å². The molecule has 0 bridgehead atoms. The van der Waals surface area contributed by atoms with Crippen LogP contribution in [0.3, 0.4) is 0 Å². The van der Waals surface area contributed by atoms with Crippen LogP contribution in [0, 0.1) is 6.92 Å². The highest BCUT2D eigenvalue weighted by Gasteiger charge is 2.03. The molecular formula is C16H14O3. The van der Waals surface area contributed by atoms with Crippen molar-refractivity contribution in [3.63, 3.8) is 0 Å². The van der Waals surface area contributed by atoms with Crippen LogP contribution < -0.4 is 4.74 Å². The van der Waals surface area contributed by atoms with E-state index in [1.807, 2.05) is 55.5 Å². The predicted octanol–water partition coefficient (Wildman–Crippen LogP) is 3.89. The molecule has 2 aromatic rings. The molecule has 0 amide bonds. The number of benzene rings is 2. The smallest absolute Gasteiger partial charge is 0.328 e. The fourth-order valence-electron chi connectivity index (χ4n) is 1.67. The maximum atomic E-state index is 10.6. The van der Waals surface area contributed by atoms with Gasteiger partial charge < -0.3 is 9.84 Å². The molecule has 0 radical (unpaired) electrons. The van der Waals surface area contributed by atoms with Crippen LogP contribution in [0.1, 0.15) is 11.1 Å². The lowest BCUT2D eigenvalue weighted by Crippen LogP contribution is -1.90. The molecule has 0 saturated heterocycles. The van der Waals surface area contributed by atoms with Gasteiger partial charge in [-0.15, -0.1) is 0 Å². The minimum atomic E-state index is -0.979. The Morgan fingerprint density at radius 3 is 2.58 bits per heavy atom. The zero-order valence-corrected chi connectivity index (χ0v) is 10.5. The second-order valence-electron chi connectivity index (χ2n) is 4.13. The van der Waals surface area contributed by atoms with E-state index in [4.69, 9.17) is 9.84 Å². The zero-order valence-electron chi connectivity index (χ0n) is 10.5. The van der Waals surface area contributed by atoms with Crippen LogP contribution in [0.25, 0.3) is 6.08 Å². The molecule has 0 aliphatic rings. The first-order valence-electron chi connectivity index (χ1n) is 5.90. The average molecular weight is 254 g/mol. The normalized spacial score (nSPS) is 10.6. The maximum absolute atomic E-state index is 10.6. The molecule has 0 fully saturated rings. The van der Waals surface area contributed by atoms with Crippen molar-refractivity contribution >= 4 is 12.0 Å². The summed E-state index contributed by atoms with van der Waals surface area (Å²) in [6.07, 6.45) is 2.64. The fraction of sp³-hybridized carbons (Fsp3) is 0.0625. The fourth-order valence-corrected chi connectivity index (χ4v) is 1.67. The summed E-state index contributed by atoms with van der Waals surface area (Å²) >= 11 is 0. The van der Waals surface area contributed by atoms with Crippen LogP contribution in [0.4, 0.5) is 0 Å². The third kappa shape index (κ3) is 3.71. The van der Waals surface area contributed by atoms with Crippen LogP contribution in [-0.4, -0.2) is 11.1 Å². The number of para-hydroxylation sites is 1. The highest BCUT2D eigenvalue weighted by molar-refractivity contribution is 5.86. The second-order valence-corrected chi connectivity index (χ2v) is 4.13. The van der Waals surface area contributed by atoms with Crippen molar-refractivity contribution in [2.75, 3.05) is 0 Å². The zero-order chi connectivity index (χ0) is 13.7. The number of hydrogen-bond donors (Lipinski definition) is 1. The van der Waals surface area contributed by atoms with Crippen molar-refractivity contribution in [2.45, 2.75) is 6.92 Å². The van der Waals surface area contributed by atoms with E-state index in [0.717, 1.165) is 23.0 Å². The monoisotopic (exact) mass is 254 g/mol. The molecule has 0 aliphatic carbocycles. The molecule has 3 heteroatoms. The van der Waals surface area contributed by atoms with Crippen LogP contribution in [0.15, 0.2) is 54.6 Å². The molecule has 2 aromatic carbocycles. The minimum absolute atomic E-state index is 0.634. The summed E-state index contributed by atoms with van der Waals surface area (Å²) in [5, 5.41) is 8.70. The highest BCUT2D eigenvalue weighted by Crippen LogP contribution is 2.27. The number of carboxylic acids is 1. The first kappa shape index (κ1) is 12.9. The summed E-state index contributed by atoms with van der Waals surface area (Å²) in [4.78, 5) is 10.6. The van der Waals surface area contributed by atoms with E-state index >= 15 is 0 Å². The Morgan fingerprint density at radius 2 is 1.89 bits per heavy atom. The Kier molecular flexibility index (Phi) is 3.98. The molecule has 2 rings (SSSR count). The lowest BCUT2D eigenvalue weighted by Gasteiger charge is -2.09. The first-order chi connectivity index (χ1) is 9.15. The standard InChI is InChI=1S/C16H14O3/c1-12-7-9-15(13(11-12)8-10-16(17)18)19-14-5-3-2-4-6-14/h2-11H,1H3,(H,17,18)/b10-8+. The summed E-state index contributed by atoms with van der Waals surface area (Å²) < 4.78 is 5.75. The molecule has 3 nitrogen and oxygen atoms in total. The maximum Gasteiger partial charge on any atom is 0.328 e. The van der Waals surface area contributed by atoms with Gasteiger partial charge in [-0.1, -0.05) is 29.8 Å². The molecule has 0 atom stereocenters. The predicted molar refractivity (Wildman–Crippen MR) is 74.4 cm³/mol. The van der Waals surface area contributed by atoms with Gasteiger partial charge in [-0.2, -0.15) is 0 Å². The average Bonchev–Trinajstić information content (AvgIpc) is 2.40. The van der Waals surface area contributed by atoms with Crippen LogP contribution >= 0.6 is 0 Å². The Balaban J connectivity index is 2.32. The molecule has 0 aliphatic heterocycles. The number of carbonyl (C=O) groups is 1. The van der Waals surface area contributed by atoms with Gasteiger partial charge in [0.1, 0.15) is 11.5 Å². The molecule has 1 N–H and O–H groups in total. The van der Waals surface area contributed by atoms with E-state index in [-0.39, 0.29) is 0 Å². The van der Waals surface area contributed by atoms with Crippen molar-refractivity contribution in [1.29, 1.82) is 0 Å². The summed E-state index contributed by atoms with van der Waals surface area (Å²) in [5.74, 6) is 0.373. The number of ether oxygens (including phenoxy) is 1. The SMILES string of the molecule is Cc1ccc(Oc2ccccc2)c(/C=C/C(=O)O)c1. The van der Waals surface area contributed by atoms with E-state index in [9.17, 15) is 4.79 Å². The van der Waals surface area contributed by atoms with E-state index in [1.54, 1.807) is 0 Å². The van der Waals surface area contributed by atoms with Gasteiger partial charge in [0.15, 0.2) is 0 Å². The van der Waals surface area contributed by atoms with Crippen LogP contribution in [0.2, 0.25) is 0 Å². The number of aryl methyl sites for hydroxylation is 1. The number of hydrogen-bond acceptors (Lipinski definition) is 2. The Hall–Kier alpha value is -2.55. The van der Waals surface area contributed by atoms with Crippen molar-refractivity contribution in [3.05, 3.63) is 65.7 Å². The summed E-state index contributed by atoms with van der Waals surface area (Å²) in [7, 11) is 0. The third-order valence-corrected chi connectivity index (χ3v) is 2.54. The second kappa shape index (κ2) is 5.87. The minimum Gasteiger partial charge on any atom is -0.478 e. The Morgan fingerprint density at radius 1 is 1.16 bits per heavy atom. The van der Waals surface area contributed by atoms with Crippen LogP contribution in [-0.2, 0) is 4.79 Å². The number of rotatable bonds is 4. The first-order valence-corrected chi connectivity index (χ1v) is 5.90. The number of aliphatic carboxylic acids is 1. The summed E-state index contributed by atoms with van der Waals surface area (Å²) in [6, 6.07) is 15.0. The highest BCUT2D eigenvalue weighted by atomic mass is 16.5. The molecule has 0 spiro atoms. The van der Waals surface area contributed by atoms with Crippen molar-refractivity contribution in [1.82, 2.24) is 0 Å². The quantitative estimate of drug-likeness (QED) is 0.842. The molecule has 0 heterocycles. The Bertz CT molecular complexity index is 601. The molecule has 0 unspecified atom stereocenters. The van der Waals surface area contributed by atoms with E-state index in [0.29, 0.717) is 5.75 Å². The van der Waals surface area contributed by atoms with Crippen LogP contribution in [0.5, 0.6) is 11.5 Å². The molecule has 19 heavy (non-hydrogen) atoms. The largest absolute Gasteiger partial charge is 0.478 e. The molecular weight excluding hydrogens is 240 g/mol. The number of carboxylic acid groups (broad SMARTS) is 1. The topological polar surface area (TPSA) is 46.5 Å². The van der Waals surface area contributed by atoms with E-state index in [1.165, 1.54) is 6.08 Å². The lowest BCUT2D eigenvalue weighted by atomic mass is 10.1. The lowest BCUT2D eigenvalue weighted by molar-refractivity contribution is -0.131. The van der Waals surface area contributed by atoms with E-state index in [2.05, 4.69) is 0 Å². The van der Waals surface area contributed by atoms with Gasteiger partial charge in [0.05, 0.1) is 0 Å². The van der Waals surface area contributed by atoms with Gasteiger partial charge in [-0.25, -0.2) is 4.79 Å². The van der Waals surface area contributed by atoms with Crippen molar-refractivity contribution < 1.29 is 14.6 Å². The van der Waals surface area contributed by atoms with Gasteiger partial charge >= 0.3 is 5.97 Å².